The summed E-state index contributed by atoms with van der Waals surface area (Å²) < 4.78 is 0. The number of carboxylic acid groups (broad SMARTS) is 3. The third-order valence-electron chi connectivity index (χ3n) is 9.74. The lowest BCUT2D eigenvalue weighted by molar-refractivity contribution is -0.140. The number of aliphatic hydroxyl groups is 4. The molecule has 2 aliphatic heterocycles. The van der Waals surface area contributed by atoms with E-state index in [1.807, 2.05) is 4.90 Å². The average Bonchev–Trinajstić information content (AvgIpc) is 3.13. The molecule has 12 N–H and O–H groups in total. The van der Waals surface area contributed by atoms with Crippen molar-refractivity contribution in [1.29, 1.82) is 0 Å². The molecule has 0 radical (unpaired) electrons. The average molecular weight is 820 g/mol. The van der Waals surface area contributed by atoms with Gasteiger partial charge < -0.3 is 57.4 Å². The van der Waals surface area contributed by atoms with Crippen molar-refractivity contribution >= 4 is 41.5 Å². The topological polar surface area (TPSA) is 339 Å². The maximum absolute atomic E-state index is 13.6. The van der Waals surface area contributed by atoms with E-state index in [2.05, 4.69) is 16.0 Å². The highest BCUT2D eigenvalue weighted by molar-refractivity contribution is 5.89. The van der Waals surface area contributed by atoms with Crippen LogP contribution in [0.2, 0.25) is 0 Å². The number of piperidine rings is 1. The fraction of sp³-hybridized carbons (Fsp3) is 0.794. The molecule has 2 fully saturated rings. The summed E-state index contributed by atoms with van der Waals surface area (Å²) in [6.45, 7) is 0.359. The van der Waals surface area contributed by atoms with Gasteiger partial charge in [-0.25, -0.2) is 0 Å². The van der Waals surface area contributed by atoms with E-state index in [0.29, 0.717) is 25.9 Å². The van der Waals surface area contributed by atoms with E-state index in [1.54, 1.807) is 19.6 Å². The highest BCUT2D eigenvalue weighted by Gasteiger charge is 2.29. The number of aliphatic carboxylic acids is 3. The van der Waals surface area contributed by atoms with Gasteiger partial charge in [-0.15, -0.1) is 0 Å². The maximum atomic E-state index is 13.6. The molecule has 2 aliphatic rings. The molecule has 0 aliphatic carbocycles. The Morgan fingerprint density at radius 2 is 1.04 bits per heavy atom. The summed E-state index contributed by atoms with van der Waals surface area (Å²) >= 11 is 0. The number of hydrogen-bond donors (Lipinski definition) is 11. The third-order valence-corrected chi connectivity index (χ3v) is 9.74. The van der Waals surface area contributed by atoms with Crippen LogP contribution in [-0.2, 0) is 33.6 Å². The van der Waals surface area contributed by atoms with E-state index in [9.17, 15) is 64.2 Å². The number of aliphatic hydroxyl groups excluding tert-OH is 4. The van der Waals surface area contributed by atoms with Crippen molar-refractivity contribution in [1.82, 2.24) is 40.4 Å². The number of carbonyl (C=O) groups is 7. The molecule has 2 saturated heterocycles. The second-order valence-electron chi connectivity index (χ2n) is 14.4. The van der Waals surface area contributed by atoms with Crippen LogP contribution in [0, 0.1) is 0 Å². The molecule has 0 aromatic heterocycles. The van der Waals surface area contributed by atoms with Gasteiger partial charge in [0.15, 0.2) is 0 Å². The Balaban J connectivity index is 2.16. The summed E-state index contributed by atoms with van der Waals surface area (Å²) in [4.78, 5) is 94.4. The number of rotatable bonds is 22. The molecule has 326 valence electrons. The summed E-state index contributed by atoms with van der Waals surface area (Å²) in [5.41, 5.74) is 5.30. The molecule has 0 unspecified atom stereocenters. The van der Waals surface area contributed by atoms with Gasteiger partial charge in [-0.05, 0) is 25.7 Å². The van der Waals surface area contributed by atoms with Gasteiger partial charge in [0, 0.05) is 84.5 Å². The molecule has 23 nitrogen and oxygen atoms in total. The number of carbonyl (C=O) groups excluding carboxylic acids is 4. The minimum atomic E-state index is -1.64. The first-order chi connectivity index (χ1) is 26.9. The Morgan fingerprint density at radius 3 is 1.46 bits per heavy atom. The number of hydrogen-bond acceptors (Lipinski definition) is 16. The Bertz CT molecular complexity index is 1290. The van der Waals surface area contributed by atoms with Crippen molar-refractivity contribution in [3.8, 4) is 0 Å². The minimum absolute atomic E-state index is 0.0776. The van der Waals surface area contributed by atoms with E-state index in [4.69, 9.17) is 10.8 Å². The summed E-state index contributed by atoms with van der Waals surface area (Å²) in [5.74, 6) is -5.45. The van der Waals surface area contributed by atoms with Crippen molar-refractivity contribution in [2.75, 3.05) is 111 Å². The summed E-state index contributed by atoms with van der Waals surface area (Å²) in [6, 6.07) is -1.47. The van der Waals surface area contributed by atoms with Crippen molar-refractivity contribution in [2.24, 2.45) is 5.73 Å². The number of carboxylic acids is 3. The Morgan fingerprint density at radius 1 is 0.596 bits per heavy atom. The van der Waals surface area contributed by atoms with Crippen molar-refractivity contribution in [3.05, 3.63) is 0 Å². The number of amides is 4. The SMILES string of the molecule is NC(=O)CN1CCC(NC(=O)[C@@H](CCC(=O)NCC[C@@H](O)[C@H](O)[C@H](O)CO)NC(=O)CN2CCN(CC(=O)O)CCN(CC(=O)O)CCN(CC(=O)O)CC2)CC1. The van der Waals surface area contributed by atoms with Gasteiger partial charge in [-0.3, -0.25) is 58.1 Å². The van der Waals surface area contributed by atoms with E-state index in [-0.39, 0.29) is 117 Å². The zero-order valence-corrected chi connectivity index (χ0v) is 32.2. The Labute approximate surface area is 330 Å². The van der Waals surface area contributed by atoms with Crippen LogP contribution in [-0.4, -0.2) is 244 Å². The smallest absolute Gasteiger partial charge is 0.317 e. The van der Waals surface area contributed by atoms with Crippen molar-refractivity contribution < 1.29 is 69.3 Å². The fourth-order valence-electron chi connectivity index (χ4n) is 6.51. The molecule has 23 heteroatoms. The number of nitrogens with zero attached hydrogens (tertiary/aromatic N) is 5. The highest BCUT2D eigenvalue weighted by atomic mass is 16.4. The summed E-state index contributed by atoms with van der Waals surface area (Å²) in [5, 5.41) is 74.9. The molecule has 2 rings (SSSR count). The van der Waals surface area contributed by atoms with E-state index < -0.39 is 72.5 Å². The standard InChI is InChI=1S/C34H61N9O14/c35-27(47)17-39-7-4-23(5-8-39)37-34(57)24(1-2-28(48)36-6-3-25(45)33(56)26(46)22-44)38-29(49)18-40-9-11-41(19-30(50)51)13-15-43(21-32(54)55)16-14-42(12-10-40)20-31(52)53/h23-26,33,44-46,56H,1-22H2,(H2,35,47)(H,36,48)(H,37,57)(H,38,49)(H,50,51)(H,52,53)(H,54,55)/t24-,25-,26-,33+/m1/s1. The molecular weight excluding hydrogens is 758 g/mol. The van der Waals surface area contributed by atoms with Crippen LogP contribution in [0.1, 0.15) is 32.1 Å². The van der Waals surface area contributed by atoms with Gasteiger partial charge >= 0.3 is 17.9 Å². The zero-order valence-electron chi connectivity index (χ0n) is 32.2. The van der Waals surface area contributed by atoms with Gasteiger partial charge in [-0.2, -0.15) is 0 Å². The van der Waals surface area contributed by atoms with E-state index in [0.717, 1.165) is 0 Å². The third kappa shape index (κ3) is 20.8. The predicted molar refractivity (Wildman–Crippen MR) is 199 cm³/mol. The van der Waals surface area contributed by atoms with Crippen LogP contribution in [0.5, 0.6) is 0 Å². The van der Waals surface area contributed by atoms with Crippen LogP contribution in [0.25, 0.3) is 0 Å². The molecule has 57 heavy (non-hydrogen) atoms. The van der Waals surface area contributed by atoms with Gasteiger partial charge in [0.25, 0.3) is 0 Å². The lowest BCUT2D eigenvalue weighted by atomic mass is 10.0. The molecule has 0 spiro atoms. The molecule has 4 amide bonds. The second kappa shape index (κ2) is 26.0. The normalized spacial score (nSPS) is 19.9. The molecular formula is C34H61N9O14. The molecule has 0 aromatic rings. The highest BCUT2D eigenvalue weighted by Crippen LogP contribution is 2.11. The van der Waals surface area contributed by atoms with E-state index >= 15 is 0 Å². The van der Waals surface area contributed by atoms with Crippen LogP contribution in [0.4, 0.5) is 0 Å². The van der Waals surface area contributed by atoms with E-state index in [1.165, 1.54) is 0 Å². The number of nitrogens with two attached hydrogens (primary N) is 1. The lowest BCUT2D eigenvalue weighted by Crippen LogP contribution is -2.54. The second-order valence-corrected chi connectivity index (χ2v) is 14.4. The van der Waals surface area contributed by atoms with Crippen LogP contribution in [0.15, 0.2) is 0 Å². The van der Waals surface area contributed by atoms with Gasteiger partial charge in [-0.1, -0.05) is 0 Å². The number of primary amides is 1. The molecule has 2 heterocycles. The lowest BCUT2D eigenvalue weighted by Gasteiger charge is -2.33. The van der Waals surface area contributed by atoms with Gasteiger partial charge in [0.05, 0.1) is 45.4 Å². The molecule has 4 atom stereocenters. The maximum Gasteiger partial charge on any atom is 0.317 e. The van der Waals surface area contributed by atoms with Gasteiger partial charge in [0.1, 0.15) is 18.2 Å². The summed E-state index contributed by atoms with van der Waals surface area (Å²) in [7, 11) is 0. The molecule has 0 bridgehead atoms. The first-order valence-electron chi connectivity index (χ1n) is 19.0. The van der Waals surface area contributed by atoms with Crippen molar-refractivity contribution in [3.63, 3.8) is 0 Å². The first-order valence-corrected chi connectivity index (χ1v) is 19.0. The molecule has 0 aromatic carbocycles. The predicted octanol–water partition coefficient (Wildman–Crippen LogP) is -6.63. The fourth-order valence-corrected chi connectivity index (χ4v) is 6.51. The molecule has 0 saturated carbocycles. The first kappa shape index (κ1) is 49.1. The van der Waals surface area contributed by atoms with Crippen LogP contribution >= 0.6 is 0 Å². The quantitative estimate of drug-likeness (QED) is 0.0484. The Kier molecular flexibility index (Phi) is 22.4. The van der Waals surface area contributed by atoms with Gasteiger partial charge in [0.2, 0.25) is 23.6 Å². The largest absolute Gasteiger partial charge is 0.480 e. The minimum Gasteiger partial charge on any atom is -0.480 e. The van der Waals surface area contributed by atoms with Crippen molar-refractivity contribution in [2.45, 2.75) is 62.5 Å². The van der Waals surface area contributed by atoms with Crippen LogP contribution < -0.4 is 21.7 Å². The Hall–Kier alpha value is -4.07. The number of likely N-dealkylation sites (tertiary alicyclic amines) is 1. The summed E-state index contributed by atoms with van der Waals surface area (Å²) in [6.07, 6.45) is -4.16. The monoisotopic (exact) mass is 819 g/mol. The zero-order chi connectivity index (χ0) is 42.5. The van der Waals surface area contributed by atoms with Crippen LogP contribution in [0.3, 0.4) is 0 Å². The number of nitrogens with one attached hydrogen (secondary N) is 3.